The summed E-state index contributed by atoms with van der Waals surface area (Å²) in [6.45, 7) is 1.07. The molecule has 1 aliphatic rings. The van der Waals surface area contributed by atoms with Crippen LogP contribution in [0.4, 0.5) is 0 Å². The number of para-hydroxylation sites is 2. The van der Waals surface area contributed by atoms with Crippen LogP contribution in [0.5, 0.6) is 0 Å². The quantitative estimate of drug-likeness (QED) is 0.412. The Morgan fingerprint density at radius 2 is 1.81 bits per heavy atom. The first kappa shape index (κ1) is 20.6. The predicted molar refractivity (Wildman–Crippen MR) is 115 cm³/mol. The number of fused-ring (bicyclic) bond motifs is 1. The fraction of sp³-hybridized carbons (Fsp3) is 0.304. The molecule has 0 unspecified atom stereocenters. The van der Waals surface area contributed by atoms with E-state index in [0.717, 1.165) is 11.3 Å². The Kier molecular flexibility index (Phi) is 6.26. The molecule has 0 radical (unpaired) electrons. The van der Waals surface area contributed by atoms with Crippen molar-refractivity contribution in [3.8, 4) is 0 Å². The van der Waals surface area contributed by atoms with Crippen molar-refractivity contribution in [2.24, 2.45) is 5.10 Å². The molecule has 31 heavy (non-hydrogen) atoms. The van der Waals surface area contributed by atoms with E-state index >= 15 is 0 Å². The van der Waals surface area contributed by atoms with Gasteiger partial charge in [-0.2, -0.15) is 5.10 Å². The lowest BCUT2D eigenvalue weighted by Gasteiger charge is -2.11. The van der Waals surface area contributed by atoms with Crippen molar-refractivity contribution in [1.82, 2.24) is 9.58 Å². The van der Waals surface area contributed by atoms with Crippen molar-refractivity contribution in [1.29, 1.82) is 0 Å². The Labute approximate surface area is 178 Å². The normalized spacial score (nSPS) is 13.4. The van der Waals surface area contributed by atoms with Gasteiger partial charge in [0.1, 0.15) is 0 Å². The van der Waals surface area contributed by atoms with Gasteiger partial charge >= 0.3 is 11.7 Å². The van der Waals surface area contributed by atoms with Crippen molar-refractivity contribution < 1.29 is 18.7 Å². The number of nitrogens with zero attached hydrogens (tertiary/aromatic N) is 3. The highest BCUT2D eigenvalue weighted by atomic mass is 16.5. The summed E-state index contributed by atoms with van der Waals surface area (Å²) in [5.41, 5.74) is 3.12. The van der Waals surface area contributed by atoms with Gasteiger partial charge in [0.2, 0.25) is 5.91 Å². The molecule has 0 atom stereocenters. The maximum Gasteiger partial charge on any atom is 0.419 e. The minimum atomic E-state index is -0.441. The minimum absolute atomic E-state index is 0.000112. The third kappa shape index (κ3) is 4.91. The first-order chi connectivity index (χ1) is 15.1. The molecule has 4 rings (SSSR count). The zero-order valence-electron chi connectivity index (χ0n) is 17.0. The summed E-state index contributed by atoms with van der Waals surface area (Å²) in [6.07, 6.45) is 1.22. The number of carbonyl (C=O) groups excluding carboxylic acids is 2. The molecule has 1 aliphatic heterocycles. The highest BCUT2D eigenvalue weighted by molar-refractivity contribution is 6.02. The van der Waals surface area contributed by atoms with E-state index in [-0.39, 0.29) is 25.4 Å². The lowest BCUT2D eigenvalue weighted by Crippen LogP contribution is -2.24. The Hall–Kier alpha value is -3.68. The molecule has 1 amide bonds. The van der Waals surface area contributed by atoms with Crippen LogP contribution in [0.2, 0.25) is 0 Å². The van der Waals surface area contributed by atoms with Gasteiger partial charge in [0.05, 0.1) is 30.8 Å². The number of hydrogen-bond donors (Lipinski definition) is 0. The Bertz CT molecular complexity index is 1160. The number of hydrazone groups is 1. The molecule has 1 aromatic heterocycles. The second-order valence-electron chi connectivity index (χ2n) is 7.24. The van der Waals surface area contributed by atoms with E-state index in [1.165, 1.54) is 9.58 Å². The maximum atomic E-state index is 12.3. The topological polar surface area (TPSA) is 94.1 Å². The predicted octanol–water partition coefficient (Wildman–Crippen LogP) is 2.94. The van der Waals surface area contributed by atoms with Gasteiger partial charge in [-0.3, -0.25) is 14.2 Å². The Balaban J connectivity index is 1.19. The van der Waals surface area contributed by atoms with Crippen LogP contribution in [0.1, 0.15) is 31.2 Å². The van der Waals surface area contributed by atoms with E-state index in [9.17, 15) is 14.4 Å². The number of amides is 1. The number of esters is 1. The second-order valence-corrected chi connectivity index (χ2v) is 7.24. The van der Waals surface area contributed by atoms with Gasteiger partial charge in [0, 0.05) is 19.4 Å². The molecule has 0 saturated carbocycles. The highest BCUT2D eigenvalue weighted by Crippen LogP contribution is 2.15. The van der Waals surface area contributed by atoms with Crippen LogP contribution in [0.3, 0.4) is 0 Å². The SMILES string of the molecule is O=C(CCC(=O)N1CCC(c2ccccc2)=N1)OCCCn1c(=O)oc2ccccc21. The molecule has 160 valence electrons. The zero-order valence-corrected chi connectivity index (χ0v) is 17.0. The lowest BCUT2D eigenvalue weighted by molar-refractivity contribution is -0.146. The van der Waals surface area contributed by atoms with Crippen LogP contribution in [0.15, 0.2) is 68.9 Å². The molecule has 0 spiro atoms. The van der Waals surface area contributed by atoms with E-state index in [1.807, 2.05) is 42.5 Å². The van der Waals surface area contributed by atoms with Gasteiger partial charge in [-0.1, -0.05) is 42.5 Å². The maximum absolute atomic E-state index is 12.3. The van der Waals surface area contributed by atoms with Crippen molar-refractivity contribution >= 4 is 28.7 Å². The van der Waals surface area contributed by atoms with E-state index in [0.29, 0.717) is 37.0 Å². The number of carbonyl (C=O) groups is 2. The van der Waals surface area contributed by atoms with Crippen molar-refractivity contribution in [2.45, 2.75) is 32.2 Å². The summed E-state index contributed by atoms with van der Waals surface area (Å²) in [4.78, 5) is 36.2. The van der Waals surface area contributed by atoms with Gasteiger partial charge in [-0.25, -0.2) is 9.80 Å². The average molecular weight is 421 g/mol. The number of benzene rings is 2. The molecule has 2 aromatic carbocycles. The Morgan fingerprint density at radius 1 is 1.03 bits per heavy atom. The first-order valence-electron chi connectivity index (χ1n) is 10.3. The largest absolute Gasteiger partial charge is 0.466 e. The second kappa shape index (κ2) is 9.42. The monoisotopic (exact) mass is 421 g/mol. The fourth-order valence-electron chi connectivity index (χ4n) is 3.52. The molecule has 0 saturated heterocycles. The zero-order chi connectivity index (χ0) is 21.6. The molecule has 2 heterocycles. The summed E-state index contributed by atoms with van der Waals surface area (Å²) < 4.78 is 11.9. The number of aryl methyl sites for hydroxylation is 1. The average Bonchev–Trinajstić information content (AvgIpc) is 3.40. The van der Waals surface area contributed by atoms with Gasteiger partial charge in [-0.05, 0) is 24.1 Å². The first-order valence-corrected chi connectivity index (χ1v) is 10.3. The van der Waals surface area contributed by atoms with Gasteiger partial charge < -0.3 is 9.15 Å². The molecular formula is C23H23N3O5. The molecule has 0 bridgehead atoms. The number of ether oxygens (including phenoxy) is 1. The molecule has 0 N–H and O–H groups in total. The Morgan fingerprint density at radius 3 is 2.65 bits per heavy atom. The van der Waals surface area contributed by atoms with Crippen LogP contribution in [0.25, 0.3) is 11.1 Å². The smallest absolute Gasteiger partial charge is 0.419 e. The third-order valence-corrected chi connectivity index (χ3v) is 5.10. The van der Waals surface area contributed by atoms with E-state index in [4.69, 9.17) is 9.15 Å². The lowest BCUT2D eigenvalue weighted by atomic mass is 10.1. The molecule has 0 fully saturated rings. The van der Waals surface area contributed by atoms with Crippen molar-refractivity contribution in [3.63, 3.8) is 0 Å². The third-order valence-electron chi connectivity index (χ3n) is 5.10. The van der Waals surface area contributed by atoms with E-state index in [1.54, 1.807) is 12.1 Å². The number of hydrogen-bond acceptors (Lipinski definition) is 6. The number of aromatic nitrogens is 1. The summed E-state index contributed by atoms with van der Waals surface area (Å²) in [7, 11) is 0. The molecule has 0 aliphatic carbocycles. The molecular weight excluding hydrogens is 398 g/mol. The highest BCUT2D eigenvalue weighted by Gasteiger charge is 2.22. The summed E-state index contributed by atoms with van der Waals surface area (Å²) in [6, 6.07) is 16.9. The van der Waals surface area contributed by atoms with Crippen LogP contribution in [-0.4, -0.2) is 40.3 Å². The number of oxazole rings is 1. The van der Waals surface area contributed by atoms with Crippen LogP contribution < -0.4 is 5.76 Å². The summed E-state index contributed by atoms with van der Waals surface area (Å²) in [5, 5.41) is 5.80. The summed E-state index contributed by atoms with van der Waals surface area (Å²) >= 11 is 0. The molecule has 8 nitrogen and oxygen atoms in total. The minimum Gasteiger partial charge on any atom is -0.466 e. The van der Waals surface area contributed by atoms with Gasteiger partial charge in [0.25, 0.3) is 0 Å². The van der Waals surface area contributed by atoms with Crippen molar-refractivity contribution in [3.05, 3.63) is 70.7 Å². The molecule has 8 heteroatoms. The van der Waals surface area contributed by atoms with Crippen molar-refractivity contribution in [2.75, 3.05) is 13.2 Å². The van der Waals surface area contributed by atoms with E-state index in [2.05, 4.69) is 5.10 Å². The van der Waals surface area contributed by atoms with Gasteiger partial charge in [-0.15, -0.1) is 0 Å². The number of rotatable bonds is 8. The molecule has 3 aromatic rings. The summed E-state index contributed by atoms with van der Waals surface area (Å²) in [5.74, 6) is -1.07. The fourth-order valence-corrected chi connectivity index (χ4v) is 3.52. The van der Waals surface area contributed by atoms with E-state index < -0.39 is 11.7 Å². The van der Waals surface area contributed by atoms with Crippen LogP contribution in [-0.2, 0) is 20.9 Å². The van der Waals surface area contributed by atoms with Crippen LogP contribution in [0, 0.1) is 0 Å². The van der Waals surface area contributed by atoms with Crippen LogP contribution >= 0.6 is 0 Å². The van der Waals surface area contributed by atoms with Gasteiger partial charge in [0.15, 0.2) is 5.58 Å². The standard InChI is InChI=1S/C23H23N3O5/c27-21(26-15-13-18(24-26)17-7-2-1-3-8-17)11-12-22(28)30-16-6-14-25-19-9-4-5-10-20(19)31-23(25)29/h1-5,7-10H,6,11-16H2.